The van der Waals surface area contributed by atoms with Gasteiger partial charge in [0.2, 0.25) is 0 Å². The van der Waals surface area contributed by atoms with Crippen molar-refractivity contribution in [3.63, 3.8) is 0 Å². The molecule has 1 heterocycles. The average molecular weight is 342 g/mol. The van der Waals surface area contributed by atoms with Gasteiger partial charge in [0.25, 0.3) is 0 Å². The van der Waals surface area contributed by atoms with Crippen LogP contribution in [0.2, 0.25) is 0 Å². The van der Waals surface area contributed by atoms with E-state index in [1.807, 2.05) is 50.2 Å². The Hall–Kier alpha value is -2.76. The summed E-state index contributed by atoms with van der Waals surface area (Å²) in [5.41, 5.74) is 1.92. The van der Waals surface area contributed by atoms with E-state index < -0.39 is 0 Å². The fraction of sp³-hybridized carbons (Fsp3) is 0.368. The van der Waals surface area contributed by atoms with E-state index in [0.29, 0.717) is 18.9 Å². The molecule has 0 radical (unpaired) electrons. The molecule has 0 spiro atoms. The Kier molecular flexibility index (Phi) is 7.56. The number of hydrogen-bond acceptors (Lipinski definition) is 4. The Balaban J connectivity index is 2.03. The topological polar surface area (TPSA) is 67.8 Å². The molecule has 0 saturated heterocycles. The van der Waals surface area contributed by atoms with Crippen molar-refractivity contribution in [1.82, 2.24) is 10.3 Å². The molecule has 6 nitrogen and oxygen atoms in total. The molecule has 25 heavy (non-hydrogen) atoms. The third-order valence-electron chi connectivity index (χ3n) is 3.43. The Morgan fingerprint density at radius 2 is 2.04 bits per heavy atom. The Morgan fingerprint density at radius 1 is 1.16 bits per heavy atom. The largest absolute Gasteiger partial charge is 0.493 e. The van der Waals surface area contributed by atoms with Crippen LogP contribution in [-0.4, -0.2) is 37.7 Å². The highest BCUT2D eigenvalue weighted by molar-refractivity contribution is 5.93. The average Bonchev–Trinajstić information content (AvgIpc) is 2.64. The number of nitrogens with one attached hydrogen (secondary N) is 2. The lowest BCUT2D eigenvalue weighted by atomic mass is 10.2. The zero-order chi connectivity index (χ0) is 17.9. The van der Waals surface area contributed by atoms with Gasteiger partial charge in [0.05, 0.1) is 13.7 Å². The van der Waals surface area contributed by atoms with Gasteiger partial charge in [-0.2, -0.15) is 0 Å². The molecule has 0 bridgehead atoms. The molecule has 1 aromatic carbocycles. The lowest BCUT2D eigenvalue weighted by molar-refractivity contribution is 0.311. The minimum atomic E-state index is 0.598. The van der Waals surface area contributed by atoms with Crippen LogP contribution in [0.15, 0.2) is 47.6 Å². The van der Waals surface area contributed by atoms with E-state index in [-0.39, 0.29) is 0 Å². The first-order chi connectivity index (χ1) is 12.3. The Labute approximate surface area is 149 Å². The molecule has 134 valence electrons. The van der Waals surface area contributed by atoms with E-state index in [4.69, 9.17) is 9.47 Å². The maximum atomic E-state index is 5.54. The second-order valence-electron chi connectivity index (χ2n) is 5.26. The van der Waals surface area contributed by atoms with Crippen molar-refractivity contribution in [2.75, 3.05) is 32.1 Å². The number of guanidine groups is 1. The molecule has 2 aromatic rings. The summed E-state index contributed by atoms with van der Waals surface area (Å²) in [6.45, 7) is 6.02. The molecule has 0 aliphatic rings. The van der Waals surface area contributed by atoms with Crippen molar-refractivity contribution in [3.8, 4) is 11.5 Å². The summed E-state index contributed by atoms with van der Waals surface area (Å²) in [5, 5.41) is 6.53. The van der Waals surface area contributed by atoms with Gasteiger partial charge in [-0.25, -0.2) is 0 Å². The van der Waals surface area contributed by atoms with Crippen LogP contribution in [0.5, 0.6) is 11.5 Å². The van der Waals surface area contributed by atoms with Crippen molar-refractivity contribution in [2.45, 2.75) is 20.3 Å². The van der Waals surface area contributed by atoms with Crippen LogP contribution in [0.25, 0.3) is 0 Å². The second kappa shape index (κ2) is 10.2. The number of aromatic nitrogens is 1. The first-order valence-corrected chi connectivity index (χ1v) is 8.52. The smallest absolute Gasteiger partial charge is 0.195 e. The number of nitrogens with zero attached hydrogens (tertiary/aromatic N) is 2. The number of aliphatic imine (C=N–C) groups is 1. The fourth-order valence-electron chi connectivity index (χ4n) is 2.29. The molecule has 6 heteroatoms. The third kappa shape index (κ3) is 5.99. The van der Waals surface area contributed by atoms with Gasteiger partial charge < -0.3 is 20.1 Å². The quantitative estimate of drug-likeness (QED) is 0.570. The van der Waals surface area contributed by atoms with E-state index in [1.165, 1.54) is 0 Å². The molecule has 0 aliphatic heterocycles. The predicted molar refractivity (Wildman–Crippen MR) is 102 cm³/mol. The van der Waals surface area contributed by atoms with Crippen LogP contribution in [-0.2, 0) is 6.42 Å². The number of rotatable bonds is 8. The summed E-state index contributed by atoms with van der Waals surface area (Å²) >= 11 is 0. The molecule has 0 atom stereocenters. The van der Waals surface area contributed by atoms with E-state index in [2.05, 4.69) is 20.6 Å². The molecule has 0 aliphatic carbocycles. The highest BCUT2D eigenvalue weighted by atomic mass is 16.5. The maximum absolute atomic E-state index is 5.54. The van der Waals surface area contributed by atoms with Gasteiger partial charge in [-0.05, 0) is 38.1 Å². The van der Waals surface area contributed by atoms with Gasteiger partial charge in [0.15, 0.2) is 17.5 Å². The van der Waals surface area contributed by atoms with Crippen molar-refractivity contribution >= 4 is 11.6 Å². The standard InChI is InChI=1S/C19H26N4O2/c1-4-20-19(22-13-11-15-8-6-7-12-21-15)23-16-9-10-17(25-5-2)18(14-16)24-3/h6-10,12,14H,4-5,11,13H2,1-3H3,(H2,20,22,23). The van der Waals surface area contributed by atoms with E-state index >= 15 is 0 Å². The van der Waals surface area contributed by atoms with E-state index in [1.54, 1.807) is 13.3 Å². The van der Waals surface area contributed by atoms with E-state index in [0.717, 1.165) is 36.1 Å². The molecular weight excluding hydrogens is 316 g/mol. The van der Waals surface area contributed by atoms with E-state index in [9.17, 15) is 0 Å². The van der Waals surface area contributed by atoms with Gasteiger partial charge >= 0.3 is 0 Å². The van der Waals surface area contributed by atoms with Crippen molar-refractivity contribution < 1.29 is 9.47 Å². The zero-order valence-electron chi connectivity index (χ0n) is 15.1. The van der Waals surface area contributed by atoms with Crippen molar-refractivity contribution in [3.05, 3.63) is 48.3 Å². The fourth-order valence-corrected chi connectivity index (χ4v) is 2.29. The normalized spacial score (nSPS) is 11.1. The lowest BCUT2D eigenvalue weighted by Crippen LogP contribution is -2.30. The summed E-state index contributed by atoms with van der Waals surface area (Å²) in [4.78, 5) is 8.92. The highest BCUT2D eigenvalue weighted by Gasteiger charge is 2.07. The summed E-state index contributed by atoms with van der Waals surface area (Å²) in [6, 6.07) is 11.6. The van der Waals surface area contributed by atoms with Gasteiger partial charge in [0, 0.05) is 43.2 Å². The molecule has 1 aromatic heterocycles. The summed E-state index contributed by atoms with van der Waals surface area (Å²) in [6.07, 6.45) is 2.60. The van der Waals surface area contributed by atoms with Crippen LogP contribution in [0.3, 0.4) is 0 Å². The molecule has 0 saturated carbocycles. The Morgan fingerprint density at radius 3 is 2.72 bits per heavy atom. The number of ether oxygens (including phenoxy) is 2. The lowest BCUT2D eigenvalue weighted by Gasteiger charge is -2.14. The number of pyridine rings is 1. The van der Waals surface area contributed by atoms with Gasteiger partial charge in [-0.15, -0.1) is 0 Å². The number of anilines is 1. The molecule has 2 rings (SSSR count). The maximum Gasteiger partial charge on any atom is 0.195 e. The van der Waals surface area contributed by atoms with Crippen molar-refractivity contribution in [1.29, 1.82) is 0 Å². The monoisotopic (exact) mass is 342 g/mol. The van der Waals surface area contributed by atoms with Gasteiger partial charge in [-0.1, -0.05) is 6.07 Å². The first kappa shape index (κ1) is 18.6. The summed E-state index contributed by atoms with van der Waals surface area (Å²) in [5.74, 6) is 2.15. The molecule has 0 amide bonds. The first-order valence-electron chi connectivity index (χ1n) is 8.52. The van der Waals surface area contributed by atoms with Crippen LogP contribution < -0.4 is 20.1 Å². The van der Waals surface area contributed by atoms with Crippen LogP contribution in [0, 0.1) is 0 Å². The SMILES string of the molecule is CCNC(=NCCc1ccccn1)Nc1ccc(OCC)c(OC)c1. The zero-order valence-corrected chi connectivity index (χ0v) is 15.1. The molecule has 0 unspecified atom stereocenters. The highest BCUT2D eigenvalue weighted by Crippen LogP contribution is 2.30. The number of hydrogen-bond donors (Lipinski definition) is 2. The summed E-state index contributed by atoms with van der Waals surface area (Å²) < 4.78 is 10.9. The minimum absolute atomic E-state index is 0.598. The molecule has 0 fully saturated rings. The number of benzene rings is 1. The van der Waals surface area contributed by atoms with Crippen LogP contribution in [0.1, 0.15) is 19.5 Å². The predicted octanol–water partition coefficient (Wildman–Crippen LogP) is 3.11. The summed E-state index contributed by atoms with van der Waals surface area (Å²) in [7, 11) is 1.63. The molecular formula is C19H26N4O2. The Bertz CT molecular complexity index is 674. The molecule has 2 N–H and O–H groups in total. The second-order valence-corrected chi connectivity index (χ2v) is 5.26. The van der Waals surface area contributed by atoms with Crippen LogP contribution >= 0.6 is 0 Å². The minimum Gasteiger partial charge on any atom is -0.493 e. The third-order valence-corrected chi connectivity index (χ3v) is 3.43. The van der Waals surface area contributed by atoms with Gasteiger partial charge in [0.1, 0.15) is 0 Å². The van der Waals surface area contributed by atoms with Crippen LogP contribution in [0.4, 0.5) is 5.69 Å². The number of methoxy groups -OCH3 is 1. The van der Waals surface area contributed by atoms with Crippen molar-refractivity contribution in [2.24, 2.45) is 4.99 Å². The van der Waals surface area contributed by atoms with Gasteiger partial charge in [-0.3, -0.25) is 9.98 Å².